The molecule has 0 spiro atoms. The number of nitrogens with two attached hydrogens (primary N) is 1. The first kappa shape index (κ1) is 14.6. The minimum atomic E-state index is 0.232. The molecule has 2 bridgehead atoms. The van der Waals surface area contributed by atoms with E-state index in [0.717, 1.165) is 30.1 Å². The molecule has 116 valence electrons. The van der Waals surface area contributed by atoms with Gasteiger partial charge >= 0.3 is 0 Å². The third kappa shape index (κ3) is 1.95. The molecular formula is C17H27N3O. The van der Waals surface area contributed by atoms with Crippen molar-refractivity contribution >= 4 is 5.82 Å². The van der Waals surface area contributed by atoms with E-state index in [9.17, 15) is 0 Å². The summed E-state index contributed by atoms with van der Waals surface area (Å²) in [4.78, 5) is 8.87. The van der Waals surface area contributed by atoms with Gasteiger partial charge in [0.2, 0.25) is 5.88 Å². The van der Waals surface area contributed by atoms with Crippen LogP contribution in [0.2, 0.25) is 0 Å². The van der Waals surface area contributed by atoms with E-state index in [0.29, 0.717) is 17.1 Å². The molecule has 2 aliphatic carbocycles. The Balaban J connectivity index is 1.91. The maximum atomic E-state index is 6.37. The number of fused-ring (bicyclic) bond motifs is 2. The molecule has 0 amide bonds. The lowest BCUT2D eigenvalue weighted by molar-refractivity contribution is 0.0267. The number of nitrogens with zero attached hydrogens (tertiary/aromatic N) is 2. The quantitative estimate of drug-likeness (QED) is 0.924. The summed E-state index contributed by atoms with van der Waals surface area (Å²) in [6.45, 7) is 11.2. The molecule has 4 nitrogen and oxygen atoms in total. The van der Waals surface area contributed by atoms with Crippen molar-refractivity contribution in [2.45, 2.75) is 66.4 Å². The summed E-state index contributed by atoms with van der Waals surface area (Å²) in [5.41, 5.74) is 7.45. The fourth-order valence-corrected chi connectivity index (χ4v) is 4.27. The third-order valence-corrected chi connectivity index (χ3v) is 6.47. The van der Waals surface area contributed by atoms with E-state index < -0.39 is 0 Å². The largest absolute Gasteiger partial charge is 0.473 e. The summed E-state index contributed by atoms with van der Waals surface area (Å²) in [5, 5.41) is 0. The van der Waals surface area contributed by atoms with Crippen LogP contribution in [0.25, 0.3) is 0 Å². The minimum Gasteiger partial charge on any atom is -0.473 e. The van der Waals surface area contributed by atoms with Crippen LogP contribution in [0.4, 0.5) is 5.82 Å². The number of hydrogen-bond donors (Lipinski definition) is 1. The lowest BCUT2D eigenvalue weighted by Crippen LogP contribution is -2.39. The smallest absolute Gasteiger partial charge is 0.222 e. The lowest BCUT2D eigenvalue weighted by atomic mass is 9.70. The van der Waals surface area contributed by atoms with Crippen molar-refractivity contribution in [1.82, 2.24) is 9.97 Å². The number of ether oxygens (including phenoxy) is 1. The Hall–Kier alpha value is -1.32. The Bertz CT molecular complexity index is 569. The number of nitrogen functional groups attached to an aromatic ring is 1. The standard InChI is InChI=1S/C17H27N3O/c1-6-13-19-14(18)10(2)15(20-13)21-12-9-11-7-8-17(12,5)16(11,3)4/h11-12H,6-9H2,1-5H3,(H2,18,19,20). The molecular weight excluding hydrogens is 262 g/mol. The summed E-state index contributed by atoms with van der Waals surface area (Å²) >= 11 is 0. The van der Waals surface area contributed by atoms with Crippen LogP contribution in [0.5, 0.6) is 5.88 Å². The number of aryl methyl sites for hydroxylation is 1. The van der Waals surface area contributed by atoms with Crippen molar-refractivity contribution in [3.8, 4) is 5.88 Å². The molecule has 2 N–H and O–H groups in total. The summed E-state index contributed by atoms with van der Waals surface area (Å²) < 4.78 is 6.37. The highest BCUT2D eigenvalue weighted by Gasteiger charge is 2.62. The lowest BCUT2D eigenvalue weighted by Gasteiger charge is -2.38. The molecule has 3 rings (SSSR count). The van der Waals surface area contributed by atoms with E-state index in [1.165, 1.54) is 12.8 Å². The van der Waals surface area contributed by atoms with E-state index >= 15 is 0 Å². The SMILES string of the molecule is CCc1nc(N)c(C)c(OC2CC3CCC2(C)C3(C)C)n1. The molecule has 3 unspecified atom stereocenters. The Morgan fingerprint density at radius 1 is 1.29 bits per heavy atom. The van der Waals surface area contributed by atoms with Crippen molar-refractivity contribution in [1.29, 1.82) is 0 Å². The van der Waals surface area contributed by atoms with Crippen LogP contribution in [-0.4, -0.2) is 16.1 Å². The van der Waals surface area contributed by atoms with Gasteiger partial charge in [0.1, 0.15) is 17.7 Å². The maximum Gasteiger partial charge on any atom is 0.222 e. The molecule has 0 aliphatic heterocycles. The van der Waals surface area contributed by atoms with Gasteiger partial charge in [-0.2, -0.15) is 4.98 Å². The van der Waals surface area contributed by atoms with Crippen LogP contribution >= 0.6 is 0 Å². The number of hydrogen-bond acceptors (Lipinski definition) is 4. The molecule has 0 saturated heterocycles. The van der Waals surface area contributed by atoms with Crippen LogP contribution in [-0.2, 0) is 6.42 Å². The zero-order chi connectivity index (χ0) is 15.4. The van der Waals surface area contributed by atoms with E-state index in [1.54, 1.807) is 0 Å². The van der Waals surface area contributed by atoms with Gasteiger partial charge in [-0.1, -0.05) is 27.7 Å². The highest BCUT2D eigenvalue weighted by molar-refractivity contribution is 5.44. The van der Waals surface area contributed by atoms with Crippen LogP contribution < -0.4 is 10.5 Å². The number of rotatable bonds is 3. The zero-order valence-electron chi connectivity index (χ0n) is 13.9. The molecule has 3 atom stereocenters. The van der Waals surface area contributed by atoms with Gasteiger partial charge in [0.15, 0.2) is 0 Å². The van der Waals surface area contributed by atoms with Gasteiger partial charge in [0.05, 0.1) is 5.56 Å². The van der Waals surface area contributed by atoms with E-state index in [4.69, 9.17) is 10.5 Å². The summed E-state index contributed by atoms with van der Waals surface area (Å²) in [6, 6.07) is 0. The van der Waals surface area contributed by atoms with Gasteiger partial charge in [-0.25, -0.2) is 4.98 Å². The van der Waals surface area contributed by atoms with Crippen molar-refractivity contribution < 1.29 is 4.74 Å². The van der Waals surface area contributed by atoms with Gasteiger partial charge in [0, 0.05) is 11.8 Å². The normalized spacial score (nSPS) is 33.4. The molecule has 1 aromatic heterocycles. The molecule has 0 aromatic carbocycles. The van der Waals surface area contributed by atoms with Gasteiger partial charge < -0.3 is 10.5 Å². The first-order valence-corrected chi connectivity index (χ1v) is 8.09. The Morgan fingerprint density at radius 2 is 2.00 bits per heavy atom. The van der Waals surface area contributed by atoms with Crippen LogP contribution in [0.15, 0.2) is 0 Å². The van der Waals surface area contributed by atoms with Crippen molar-refractivity contribution in [2.75, 3.05) is 5.73 Å². The van der Waals surface area contributed by atoms with Crippen LogP contribution in [0.3, 0.4) is 0 Å². The van der Waals surface area contributed by atoms with E-state index in [1.807, 2.05) is 13.8 Å². The van der Waals surface area contributed by atoms with Gasteiger partial charge in [-0.15, -0.1) is 0 Å². The maximum absolute atomic E-state index is 6.37. The zero-order valence-corrected chi connectivity index (χ0v) is 13.9. The number of aromatic nitrogens is 2. The molecule has 4 heteroatoms. The van der Waals surface area contributed by atoms with Gasteiger partial charge in [0.25, 0.3) is 0 Å². The second kappa shape index (κ2) is 4.59. The summed E-state index contributed by atoms with van der Waals surface area (Å²) in [7, 11) is 0. The minimum absolute atomic E-state index is 0.232. The van der Waals surface area contributed by atoms with Gasteiger partial charge in [-0.3, -0.25) is 0 Å². The van der Waals surface area contributed by atoms with Crippen LogP contribution in [0, 0.1) is 23.7 Å². The first-order valence-electron chi connectivity index (χ1n) is 8.09. The predicted octanol–water partition coefficient (Wildman–Crippen LogP) is 3.52. The molecule has 21 heavy (non-hydrogen) atoms. The molecule has 0 radical (unpaired) electrons. The van der Waals surface area contributed by atoms with Crippen LogP contribution in [0.1, 0.15) is 58.3 Å². The predicted molar refractivity (Wildman–Crippen MR) is 84.2 cm³/mol. The average Bonchev–Trinajstić information content (AvgIpc) is 2.76. The van der Waals surface area contributed by atoms with Crippen molar-refractivity contribution in [3.63, 3.8) is 0 Å². The molecule has 2 saturated carbocycles. The van der Waals surface area contributed by atoms with Crippen molar-refractivity contribution in [2.24, 2.45) is 16.7 Å². The molecule has 1 aromatic rings. The Kier molecular flexibility index (Phi) is 3.19. The van der Waals surface area contributed by atoms with E-state index in [-0.39, 0.29) is 11.5 Å². The topological polar surface area (TPSA) is 61.0 Å². The Labute approximate surface area is 127 Å². The second-order valence-electron chi connectivity index (χ2n) is 7.53. The fraction of sp³-hybridized carbons (Fsp3) is 0.765. The average molecular weight is 289 g/mol. The summed E-state index contributed by atoms with van der Waals surface area (Å²) in [5.74, 6) is 2.76. The first-order chi connectivity index (χ1) is 9.79. The third-order valence-electron chi connectivity index (χ3n) is 6.47. The number of anilines is 1. The molecule has 1 heterocycles. The highest BCUT2D eigenvalue weighted by atomic mass is 16.5. The summed E-state index contributed by atoms with van der Waals surface area (Å²) in [6.07, 6.45) is 4.72. The fourth-order valence-electron chi connectivity index (χ4n) is 4.27. The van der Waals surface area contributed by atoms with Crippen molar-refractivity contribution in [3.05, 3.63) is 11.4 Å². The monoisotopic (exact) mass is 289 g/mol. The van der Waals surface area contributed by atoms with Gasteiger partial charge in [-0.05, 0) is 37.5 Å². The highest BCUT2D eigenvalue weighted by Crippen LogP contribution is 2.66. The second-order valence-corrected chi connectivity index (χ2v) is 7.53. The van der Waals surface area contributed by atoms with E-state index in [2.05, 4.69) is 30.7 Å². The molecule has 2 aliphatic rings. The Morgan fingerprint density at radius 3 is 2.52 bits per heavy atom. The molecule has 2 fully saturated rings.